The Morgan fingerprint density at radius 3 is 2.74 bits per heavy atom. The fourth-order valence-electron chi connectivity index (χ4n) is 2.39. The standard InChI is InChI=1S/C15H17N3O/c1-15(2,19-3)14-17-12-8-10(9-16)4-7-13(12)18(14)11-5-6-11/h4,7-8,11H,5-6H2,1-3H3. The highest BCUT2D eigenvalue weighted by molar-refractivity contribution is 5.78. The van der Waals surface area contributed by atoms with Crippen molar-refractivity contribution in [2.75, 3.05) is 7.11 Å². The molecule has 2 aromatic rings. The van der Waals surface area contributed by atoms with Crippen LogP contribution in [0.2, 0.25) is 0 Å². The van der Waals surface area contributed by atoms with Crippen molar-refractivity contribution in [1.82, 2.24) is 9.55 Å². The van der Waals surface area contributed by atoms with Gasteiger partial charge in [-0.2, -0.15) is 5.26 Å². The zero-order valence-corrected chi connectivity index (χ0v) is 11.5. The fraction of sp³-hybridized carbons (Fsp3) is 0.467. The summed E-state index contributed by atoms with van der Waals surface area (Å²) in [7, 11) is 1.71. The molecule has 0 amide bonds. The van der Waals surface area contributed by atoms with Crippen LogP contribution in [0.4, 0.5) is 0 Å². The summed E-state index contributed by atoms with van der Waals surface area (Å²) in [6.45, 7) is 4.05. The van der Waals surface area contributed by atoms with Gasteiger partial charge in [0.1, 0.15) is 11.4 Å². The minimum absolute atomic E-state index is 0.422. The van der Waals surface area contributed by atoms with Gasteiger partial charge in [0.2, 0.25) is 0 Å². The van der Waals surface area contributed by atoms with Gasteiger partial charge in [0.25, 0.3) is 0 Å². The quantitative estimate of drug-likeness (QED) is 0.846. The molecule has 0 radical (unpaired) electrons. The number of benzene rings is 1. The molecule has 1 heterocycles. The highest BCUT2D eigenvalue weighted by Crippen LogP contribution is 2.41. The second-order valence-corrected chi connectivity index (χ2v) is 5.57. The van der Waals surface area contributed by atoms with Crippen LogP contribution in [0.1, 0.15) is 44.1 Å². The number of nitriles is 1. The number of ether oxygens (including phenoxy) is 1. The Balaban J connectivity index is 2.26. The number of aromatic nitrogens is 2. The number of fused-ring (bicyclic) bond motifs is 1. The van der Waals surface area contributed by atoms with Gasteiger partial charge in [-0.3, -0.25) is 0 Å². The molecule has 4 nitrogen and oxygen atoms in total. The summed E-state index contributed by atoms with van der Waals surface area (Å²) in [5, 5.41) is 8.99. The number of rotatable bonds is 3. The van der Waals surface area contributed by atoms with Crippen LogP contribution in [0.25, 0.3) is 11.0 Å². The number of nitrogens with zero attached hydrogens (tertiary/aromatic N) is 3. The first kappa shape index (κ1) is 12.2. The van der Waals surface area contributed by atoms with Crippen molar-refractivity contribution in [3.63, 3.8) is 0 Å². The van der Waals surface area contributed by atoms with Gasteiger partial charge in [0.15, 0.2) is 0 Å². The number of methoxy groups -OCH3 is 1. The molecule has 0 bridgehead atoms. The largest absolute Gasteiger partial charge is 0.371 e. The van der Waals surface area contributed by atoms with E-state index in [0.29, 0.717) is 11.6 Å². The van der Waals surface area contributed by atoms with Crippen molar-refractivity contribution in [1.29, 1.82) is 5.26 Å². The highest BCUT2D eigenvalue weighted by atomic mass is 16.5. The van der Waals surface area contributed by atoms with Gasteiger partial charge >= 0.3 is 0 Å². The topological polar surface area (TPSA) is 50.8 Å². The summed E-state index contributed by atoms with van der Waals surface area (Å²) < 4.78 is 7.86. The lowest BCUT2D eigenvalue weighted by molar-refractivity contribution is 0.00888. The molecule has 19 heavy (non-hydrogen) atoms. The predicted molar refractivity (Wildman–Crippen MR) is 72.8 cm³/mol. The molecule has 4 heteroatoms. The summed E-state index contributed by atoms with van der Waals surface area (Å²) >= 11 is 0. The second kappa shape index (κ2) is 4.07. The molecule has 1 aliphatic carbocycles. The Hall–Kier alpha value is -1.86. The molecular formula is C15H17N3O. The second-order valence-electron chi connectivity index (χ2n) is 5.57. The lowest BCUT2D eigenvalue weighted by Gasteiger charge is -2.23. The molecule has 0 atom stereocenters. The van der Waals surface area contributed by atoms with E-state index in [9.17, 15) is 0 Å². The van der Waals surface area contributed by atoms with Crippen LogP contribution in [0, 0.1) is 11.3 Å². The van der Waals surface area contributed by atoms with Crippen LogP contribution in [-0.4, -0.2) is 16.7 Å². The van der Waals surface area contributed by atoms with Crippen LogP contribution in [0.15, 0.2) is 18.2 Å². The molecule has 1 fully saturated rings. The van der Waals surface area contributed by atoms with E-state index < -0.39 is 5.60 Å². The monoisotopic (exact) mass is 255 g/mol. The van der Waals surface area contributed by atoms with Gasteiger partial charge in [0.05, 0.1) is 22.7 Å². The highest BCUT2D eigenvalue weighted by Gasteiger charge is 2.34. The Morgan fingerprint density at radius 1 is 1.42 bits per heavy atom. The summed E-state index contributed by atoms with van der Waals surface area (Å²) in [6, 6.07) is 8.39. The molecule has 0 N–H and O–H groups in total. The Kier molecular flexibility index (Phi) is 2.61. The van der Waals surface area contributed by atoms with Crippen LogP contribution in [-0.2, 0) is 10.3 Å². The van der Waals surface area contributed by atoms with E-state index >= 15 is 0 Å². The van der Waals surface area contributed by atoms with Crippen LogP contribution < -0.4 is 0 Å². The van der Waals surface area contributed by atoms with E-state index in [1.807, 2.05) is 32.0 Å². The Morgan fingerprint density at radius 2 is 2.16 bits per heavy atom. The zero-order chi connectivity index (χ0) is 13.6. The Labute approximate surface area is 112 Å². The third-order valence-corrected chi connectivity index (χ3v) is 3.78. The summed E-state index contributed by atoms with van der Waals surface area (Å²) in [5.41, 5.74) is 2.21. The van der Waals surface area contributed by atoms with Gasteiger partial charge < -0.3 is 9.30 Å². The fourth-order valence-corrected chi connectivity index (χ4v) is 2.39. The molecule has 1 aliphatic rings. The molecule has 0 aliphatic heterocycles. The first-order valence-corrected chi connectivity index (χ1v) is 6.54. The molecule has 1 aromatic heterocycles. The van der Waals surface area contributed by atoms with Crippen LogP contribution in [0.3, 0.4) is 0 Å². The van der Waals surface area contributed by atoms with E-state index in [1.54, 1.807) is 7.11 Å². The minimum Gasteiger partial charge on any atom is -0.371 e. The minimum atomic E-state index is -0.422. The van der Waals surface area contributed by atoms with Crippen LogP contribution in [0.5, 0.6) is 0 Å². The number of hydrogen-bond donors (Lipinski definition) is 0. The molecule has 1 saturated carbocycles. The summed E-state index contributed by atoms with van der Waals surface area (Å²) in [5.74, 6) is 0.947. The maximum atomic E-state index is 8.99. The summed E-state index contributed by atoms with van der Waals surface area (Å²) in [4.78, 5) is 4.71. The van der Waals surface area contributed by atoms with Crippen molar-refractivity contribution >= 4 is 11.0 Å². The van der Waals surface area contributed by atoms with Crippen LogP contribution >= 0.6 is 0 Å². The summed E-state index contributed by atoms with van der Waals surface area (Å²) in [6.07, 6.45) is 2.39. The van der Waals surface area contributed by atoms with Gasteiger partial charge in [-0.1, -0.05) is 0 Å². The van der Waals surface area contributed by atoms with Crippen molar-refractivity contribution < 1.29 is 4.74 Å². The molecule has 98 valence electrons. The average molecular weight is 255 g/mol. The van der Waals surface area contributed by atoms with Crippen molar-refractivity contribution in [2.45, 2.75) is 38.3 Å². The van der Waals surface area contributed by atoms with Gasteiger partial charge in [-0.15, -0.1) is 0 Å². The SMILES string of the molecule is COC(C)(C)c1nc2cc(C#N)ccc2n1C1CC1. The zero-order valence-electron chi connectivity index (χ0n) is 11.5. The smallest absolute Gasteiger partial charge is 0.141 e. The predicted octanol–water partition coefficient (Wildman–Crippen LogP) is 3.12. The molecule has 0 spiro atoms. The van der Waals surface area contributed by atoms with E-state index in [2.05, 4.69) is 10.6 Å². The molecular weight excluding hydrogens is 238 g/mol. The number of imidazole rings is 1. The Bertz CT molecular complexity index is 674. The lowest BCUT2D eigenvalue weighted by atomic mass is 10.1. The van der Waals surface area contributed by atoms with E-state index in [4.69, 9.17) is 15.0 Å². The normalized spacial score (nSPS) is 15.7. The third kappa shape index (κ3) is 1.91. The van der Waals surface area contributed by atoms with Gasteiger partial charge in [0, 0.05) is 13.2 Å². The van der Waals surface area contributed by atoms with E-state index in [1.165, 1.54) is 12.8 Å². The van der Waals surface area contributed by atoms with E-state index in [0.717, 1.165) is 16.9 Å². The van der Waals surface area contributed by atoms with Crippen molar-refractivity contribution in [3.8, 4) is 6.07 Å². The third-order valence-electron chi connectivity index (χ3n) is 3.78. The average Bonchev–Trinajstić information content (AvgIpc) is 3.18. The maximum absolute atomic E-state index is 8.99. The first-order valence-electron chi connectivity index (χ1n) is 6.54. The number of hydrogen-bond acceptors (Lipinski definition) is 3. The molecule has 3 rings (SSSR count). The van der Waals surface area contributed by atoms with Gasteiger partial charge in [-0.25, -0.2) is 4.98 Å². The molecule has 0 saturated heterocycles. The van der Waals surface area contributed by atoms with E-state index in [-0.39, 0.29) is 0 Å². The lowest BCUT2D eigenvalue weighted by Crippen LogP contribution is -2.24. The first-order chi connectivity index (χ1) is 9.06. The van der Waals surface area contributed by atoms with Crippen molar-refractivity contribution in [2.24, 2.45) is 0 Å². The van der Waals surface area contributed by atoms with Crippen molar-refractivity contribution in [3.05, 3.63) is 29.6 Å². The maximum Gasteiger partial charge on any atom is 0.141 e. The molecule has 1 aromatic carbocycles. The molecule has 0 unspecified atom stereocenters. The van der Waals surface area contributed by atoms with Gasteiger partial charge in [-0.05, 0) is 44.9 Å².